The van der Waals surface area contributed by atoms with E-state index in [4.69, 9.17) is 9.84 Å². The minimum atomic E-state index is -3.94. The molecule has 11 heteroatoms. The van der Waals surface area contributed by atoms with Gasteiger partial charge in [0, 0.05) is 18.8 Å². The van der Waals surface area contributed by atoms with Gasteiger partial charge in [-0.05, 0) is 55.0 Å². The second kappa shape index (κ2) is 9.45. The van der Waals surface area contributed by atoms with Gasteiger partial charge in [0.05, 0.1) is 9.79 Å². The Morgan fingerprint density at radius 3 is 2.07 bits per heavy atom. The van der Waals surface area contributed by atoms with Crippen LogP contribution < -0.4 is 9.46 Å². The lowest BCUT2D eigenvalue weighted by Crippen LogP contribution is -2.30. The van der Waals surface area contributed by atoms with Crippen molar-refractivity contribution in [2.45, 2.75) is 30.6 Å². The first kappa shape index (κ1) is 23.6. The van der Waals surface area contributed by atoms with Crippen LogP contribution in [-0.4, -0.2) is 51.9 Å². The lowest BCUT2D eigenvalue weighted by Gasteiger charge is -2.18. The summed E-state index contributed by atoms with van der Waals surface area (Å²) in [6.07, 6.45) is 0. The normalized spacial score (nSPS) is 12.0. The lowest BCUT2D eigenvalue weighted by molar-refractivity contribution is -0.139. The molecule has 0 spiro atoms. The van der Waals surface area contributed by atoms with Gasteiger partial charge in [0.2, 0.25) is 10.0 Å². The summed E-state index contributed by atoms with van der Waals surface area (Å²) >= 11 is 0. The zero-order valence-corrected chi connectivity index (χ0v) is 18.5. The summed E-state index contributed by atoms with van der Waals surface area (Å²) in [4.78, 5) is 10.6. The minimum absolute atomic E-state index is 0.0393. The molecular weight excluding hydrogens is 432 g/mol. The number of anilines is 1. The van der Waals surface area contributed by atoms with E-state index in [1.807, 2.05) is 0 Å². The van der Waals surface area contributed by atoms with E-state index in [-0.39, 0.29) is 21.2 Å². The molecule has 0 amide bonds. The Morgan fingerprint density at radius 2 is 1.57 bits per heavy atom. The van der Waals surface area contributed by atoms with Crippen molar-refractivity contribution in [2.24, 2.45) is 0 Å². The Bertz CT molecular complexity index is 1110. The number of hydrogen-bond donors (Lipinski definition) is 2. The molecule has 0 aliphatic heterocycles. The highest BCUT2D eigenvalue weighted by Crippen LogP contribution is 2.24. The summed E-state index contributed by atoms with van der Waals surface area (Å²) in [6.45, 7) is 5.21. The second-order valence-electron chi connectivity index (χ2n) is 6.33. The summed E-state index contributed by atoms with van der Waals surface area (Å²) in [5.74, 6) is -0.874. The number of nitrogens with zero attached hydrogens (tertiary/aromatic N) is 1. The molecule has 9 nitrogen and oxygen atoms in total. The molecule has 2 aromatic rings. The number of carboxylic acids is 1. The van der Waals surface area contributed by atoms with Crippen LogP contribution in [0.25, 0.3) is 0 Å². The van der Waals surface area contributed by atoms with Gasteiger partial charge in [-0.3, -0.25) is 4.72 Å². The maximum atomic E-state index is 12.6. The molecule has 0 aliphatic rings. The smallest absolute Gasteiger partial charge is 0.341 e. The van der Waals surface area contributed by atoms with E-state index in [0.29, 0.717) is 18.7 Å². The van der Waals surface area contributed by atoms with Gasteiger partial charge in [-0.1, -0.05) is 13.8 Å². The van der Waals surface area contributed by atoms with Crippen LogP contribution in [0.3, 0.4) is 0 Å². The van der Waals surface area contributed by atoms with E-state index >= 15 is 0 Å². The summed E-state index contributed by atoms with van der Waals surface area (Å²) in [5.41, 5.74) is 0.664. The van der Waals surface area contributed by atoms with Gasteiger partial charge in [0.15, 0.2) is 6.61 Å². The van der Waals surface area contributed by atoms with Crippen molar-refractivity contribution >= 4 is 31.7 Å². The molecule has 2 rings (SSSR count). The molecule has 0 saturated carbocycles. The molecule has 0 bridgehead atoms. The fourth-order valence-electron chi connectivity index (χ4n) is 2.71. The van der Waals surface area contributed by atoms with E-state index in [2.05, 4.69) is 4.72 Å². The first-order chi connectivity index (χ1) is 14.0. The Hall–Kier alpha value is -2.63. The number of hydrogen-bond acceptors (Lipinski definition) is 6. The molecule has 0 unspecified atom stereocenters. The number of rotatable bonds is 10. The standard InChI is InChI=1S/C19H24N2O7S2/c1-4-21(5-2)30(26,27)16-8-6-15(7-9-16)20-29(24,25)17-10-11-18(14(3)12-17)28-13-19(22)23/h6-12,20H,4-5,13H2,1-3H3,(H,22,23). The third-order valence-corrected chi connectivity index (χ3v) is 7.70. The molecule has 30 heavy (non-hydrogen) atoms. The highest BCUT2D eigenvalue weighted by molar-refractivity contribution is 7.92. The molecule has 0 radical (unpaired) electrons. The van der Waals surface area contributed by atoms with Crippen molar-refractivity contribution in [3.8, 4) is 5.75 Å². The van der Waals surface area contributed by atoms with E-state index in [1.54, 1.807) is 20.8 Å². The number of benzene rings is 2. The minimum Gasteiger partial charge on any atom is -0.482 e. The monoisotopic (exact) mass is 456 g/mol. The summed E-state index contributed by atoms with van der Waals surface area (Å²) in [5, 5.41) is 8.67. The topological polar surface area (TPSA) is 130 Å². The Morgan fingerprint density at radius 1 is 1.00 bits per heavy atom. The summed E-state index contributed by atoms with van der Waals surface area (Å²) in [7, 11) is -7.58. The molecule has 0 aliphatic carbocycles. The van der Waals surface area contributed by atoms with Crippen LogP contribution in [0, 0.1) is 6.92 Å². The zero-order chi connectivity index (χ0) is 22.5. The molecule has 0 aromatic heterocycles. The van der Waals surface area contributed by atoms with E-state index in [9.17, 15) is 21.6 Å². The van der Waals surface area contributed by atoms with Crippen molar-refractivity contribution in [3.05, 3.63) is 48.0 Å². The zero-order valence-electron chi connectivity index (χ0n) is 16.8. The maximum absolute atomic E-state index is 12.6. The third kappa shape index (κ3) is 5.49. The molecule has 0 saturated heterocycles. The molecule has 2 aromatic carbocycles. The Balaban J connectivity index is 2.21. The summed E-state index contributed by atoms with van der Waals surface area (Å²) in [6, 6.07) is 9.49. The number of nitrogens with one attached hydrogen (secondary N) is 1. The van der Waals surface area contributed by atoms with Gasteiger partial charge in [-0.2, -0.15) is 4.31 Å². The third-order valence-electron chi connectivity index (χ3n) is 4.26. The number of carboxylic acid groups (broad SMARTS) is 1. The highest BCUT2D eigenvalue weighted by Gasteiger charge is 2.22. The largest absolute Gasteiger partial charge is 0.482 e. The first-order valence-corrected chi connectivity index (χ1v) is 12.0. The van der Waals surface area contributed by atoms with Crippen LogP contribution in [0.2, 0.25) is 0 Å². The van der Waals surface area contributed by atoms with Gasteiger partial charge < -0.3 is 9.84 Å². The average Bonchev–Trinajstić information content (AvgIpc) is 2.67. The van der Waals surface area contributed by atoms with E-state index in [1.165, 1.54) is 46.8 Å². The fraction of sp³-hybridized carbons (Fsp3) is 0.316. The molecule has 0 atom stereocenters. The van der Waals surface area contributed by atoms with Gasteiger partial charge in [0.1, 0.15) is 5.75 Å². The van der Waals surface area contributed by atoms with Crippen LogP contribution in [-0.2, 0) is 24.8 Å². The number of aliphatic carboxylic acids is 1. The average molecular weight is 457 g/mol. The first-order valence-electron chi connectivity index (χ1n) is 9.09. The van der Waals surface area contributed by atoms with Crippen molar-refractivity contribution in [1.82, 2.24) is 4.31 Å². The fourth-order valence-corrected chi connectivity index (χ4v) is 5.31. The van der Waals surface area contributed by atoms with Crippen LogP contribution in [0.4, 0.5) is 5.69 Å². The van der Waals surface area contributed by atoms with E-state index < -0.39 is 32.6 Å². The molecule has 0 heterocycles. The van der Waals surface area contributed by atoms with Gasteiger partial charge >= 0.3 is 5.97 Å². The van der Waals surface area contributed by atoms with Gasteiger partial charge in [-0.15, -0.1) is 0 Å². The van der Waals surface area contributed by atoms with Gasteiger partial charge in [0.25, 0.3) is 10.0 Å². The van der Waals surface area contributed by atoms with Crippen LogP contribution in [0.5, 0.6) is 5.75 Å². The van der Waals surface area contributed by atoms with Gasteiger partial charge in [-0.25, -0.2) is 21.6 Å². The lowest BCUT2D eigenvalue weighted by atomic mass is 10.2. The maximum Gasteiger partial charge on any atom is 0.341 e. The Labute approximate surface area is 176 Å². The molecule has 2 N–H and O–H groups in total. The van der Waals surface area contributed by atoms with E-state index in [0.717, 1.165) is 0 Å². The van der Waals surface area contributed by atoms with Crippen molar-refractivity contribution in [2.75, 3.05) is 24.4 Å². The number of sulfonamides is 2. The van der Waals surface area contributed by atoms with Crippen LogP contribution >= 0.6 is 0 Å². The highest BCUT2D eigenvalue weighted by atomic mass is 32.2. The van der Waals surface area contributed by atoms with Crippen molar-refractivity contribution < 1.29 is 31.5 Å². The van der Waals surface area contributed by atoms with Crippen LogP contribution in [0.1, 0.15) is 19.4 Å². The van der Waals surface area contributed by atoms with Crippen LogP contribution in [0.15, 0.2) is 52.3 Å². The quantitative estimate of drug-likeness (QED) is 0.561. The predicted octanol–water partition coefficient (Wildman–Crippen LogP) is 2.29. The number of carbonyl (C=O) groups is 1. The predicted molar refractivity (Wildman–Crippen MR) is 112 cm³/mol. The second-order valence-corrected chi connectivity index (χ2v) is 9.95. The number of ether oxygens (including phenoxy) is 1. The molecule has 0 fully saturated rings. The van der Waals surface area contributed by atoms with Crippen molar-refractivity contribution in [3.63, 3.8) is 0 Å². The van der Waals surface area contributed by atoms with Crippen molar-refractivity contribution in [1.29, 1.82) is 0 Å². The number of aryl methyl sites for hydroxylation is 1. The summed E-state index contributed by atoms with van der Waals surface area (Å²) < 4.78 is 59.1. The Kier molecular flexibility index (Phi) is 7.45. The SMILES string of the molecule is CCN(CC)S(=O)(=O)c1ccc(NS(=O)(=O)c2ccc(OCC(=O)O)c(C)c2)cc1. The molecular formula is C19H24N2O7S2. The molecule has 164 valence electrons.